The molecule has 3 heteroatoms. The van der Waals surface area contributed by atoms with Gasteiger partial charge in [0.1, 0.15) is 12.4 Å². The smallest absolute Gasteiger partial charge is 0.220 e. The number of rotatable bonds is 2. The highest BCUT2D eigenvalue weighted by atomic mass is 16.5. The molecule has 0 bridgehead atoms. The lowest BCUT2D eigenvalue weighted by molar-refractivity contribution is 0.345. The summed E-state index contributed by atoms with van der Waals surface area (Å²) in [7, 11) is 1.65. The van der Waals surface area contributed by atoms with Crippen LogP contribution in [0.2, 0.25) is 0 Å². The Balaban J connectivity index is 2.38. The minimum atomic E-state index is 0.674. The number of aliphatic imine (C=N–C) groups is 1. The van der Waals surface area contributed by atoms with Gasteiger partial charge < -0.3 is 9.47 Å². The fourth-order valence-corrected chi connectivity index (χ4v) is 1.32. The fourth-order valence-electron chi connectivity index (χ4n) is 1.32. The van der Waals surface area contributed by atoms with Crippen LogP contribution in [0.4, 0.5) is 0 Å². The van der Waals surface area contributed by atoms with Crippen molar-refractivity contribution < 1.29 is 9.47 Å². The Labute approximate surface area is 77.0 Å². The molecule has 0 aromatic heterocycles. The molecule has 1 aliphatic heterocycles. The molecule has 2 rings (SSSR count). The van der Waals surface area contributed by atoms with Crippen LogP contribution in [-0.2, 0) is 4.74 Å². The van der Waals surface area contributed by atoms with Crippen molar-refractivity contribution in [3.05, 3.63) is 29.8 Å². The largest absolute Gasteiger partial charge is 0.496 e. The van der Waals surface area contributed by atoms with Crippen LogP contribution < -0.4 is 4.74 Å². The zero-order valence-corrected chi connectivity index (χ0v) is 7.49. The highest BCUT2D eigenvalue weighted by Crippen LogP contribution is 2.20. The summed E-state index contributed by atoms with van der Waals surface area (Å²) in [6, 6.07) is 7.72. The predicted molar refractivity (Wildman–Crippen MR) is 50.4 cm³/mol. The average Bonchev–Trinajstić information content (AvgIpc) is 2.70. The molecule has 68 valence electrons. The first-order valence-corrected chi connectivity index (χ1v) is 4.22. The van der Waals surface area contributed by atoms with Crippen molar-refractivity contribution >= 4 is 5.90 Å². The van der Waals surface area contributed by atoms with Gasteiger partial charge in [0, 0.05) is 0 Å². The molecule has 3 nitrogen and oxygen atoms in total. The van der Waals surface area contributed by atoms with Crippen molar-refractivity contribution in [2.45, 2.75) is 0 Å². The van der Waals surface area contributed by atoms with E-state index in [4.69, 9.17) is 9.47 Å². The average molecular weight is 177 g/mol. The Hall–Kier alpha value is -1.51. The van der Waals surface area contributed by atoms with Crippen LogP contribution in [0, 0.1) is 0 Å². The molecule has 1 aromatic rings. The standard InChI is InChI=1S/C10H11NO2/c1-12-9-5-3-2-4-8(9)10-11-6-7-13-10/h2-5H,6-7H2,1H3. The van der Waals surface area contributed by atoms with Gasteiger partial charge in [0.15, 0.2) is 0 Å². The predicted octanol–water partition coefficient (Wildman–Crippen LogP) is 1.47. The summed E-state index contributed by atoms with van der Waals surface area (Å²) >= 11 is 0. The normalized spacial score (nSPS) is 15.0. The maximum atomic E-state index is 5.35. The Bertz CT molecular complexity index is 333. The van der Waals surface area contributed by atoms with Crippen LogP contribution >= 0.6 is 0 Å². The van der Waals surface area contributed by atoms with E-state index in [0.29, 0.717) is 12.5 Å². The van der Waals surface area contributed by atoms with Crippen LogP contribution in [0.1, 0.15) is 5.56 Å². The van der Waals surface area contributed by atoms with E-state index in [0.717, 1.165) is 17.9 Å². The molecule has 13 heavy (non-hydrogen) atoms. The van der Waals surface area contributed by atoms with Gasteiger partial charge in [-0.1, -0.05) is 12.1 Å². The highest BCUT2D eigenvalue weighted by molar-refractivity contribution is 5.97. The maximum absolute atomic E-state index is 5.35. The van der Waals surface area contributed by atoms with Gasteiger partial charge >= 0.3 is 0 Å². The summed E-state index contributed by atoms with van der Waals surface area (Å²) in [6.07, 6.45) is 0. The molecular formula is C10H11NO2. The zero-order valence-electron chi connectivity index (χ0n) is 7.49. The highest BCUT2D eigenvalue weighted by Gasteiger charge is 2.13. The molecule has 0 spiro atoms. The molecule has 0 radical (unpaired) electrons. The summed E-state index contributed by atoms with van der Waals surface area (Å²) < 4.78 is 10.5. The second kappa shape index (κ2) is 3.47. The first-order chi connectivity index (χ1) is 6.42. The van der Waals surface area contributed by atoms with Crippen molar-refractivity contribution in [3.63, 3.8) is 0 Å². The second-order valence-corrected chi connectivity index (χ2v) is 2.74. The van der Waals surface area contributed by atoms with Crippen LogP contribution in [0.25, 0.3) is 0 Å². The van der Waals surface area contributed by atoms with E-state index in [-0.39, 0.29) is 0 Å². The third kappa shape index (κ3) is 1.49. The first kappa shape index (κ1) is 8.10. The van der Waals surface area contributed by atoms with Crippen LogP contribution in [0.3, 0.4) is 0 Å². The quantitative estimate of drug-likeness (QED) is 0.685. The van der Waals surface area contributed by atoms with Gasteiger partial charge in [-0.05, 0) is 12.1 Å². The van der Waals surface area contributed by atoms with Crippen molar-refractivity contribution in [1.29, 1.82) is 0 Å². The number of ether oxygens (including phenoxy) is 2. The van der Waals surface area contributed by atoms with Gasteiger partial charge in [-0.2, -0.15) is 0 Å². The molecule has 0 saturated carbocycles. The van der Waals surface area contributed by atoms with E-state index in [9.17, 15) is 0 Å². The molecule has 1 heterocycles. The van der Waals surface area contributed by atoms with Gasteiger partial charge in [0.05, 0.1) is 19.2 Å². The zero-order chi connectivity index (χ0) is 9.10. The minimum absolute atomic E-state index is 0.674. The summed E-state index contributed by atoms with van der Waals surface area (Å²) in [4.78, 5) is 4.23. The van der Waals surface area contributed by atoms with E-state index < -0.39 is 0 Å². The van der Waals surface area contributed by atoms with Crippen LogP contribution in [0.15, 0.2) is 29.3 Å². The molecule has 0 aliphatic carbocycles. The van der Waals surface area contributed by atoms with Gasteiger partial charge in [-0.3, -0.25) is 0 Å². The SMILES string of the molecule is COc1ccccc1C1=NCCO1. The number of para-hydroxylation sites is 1. The van der Waals surface area contributed by atoms with Crippen LogP contribution in [-0.4, -0.2) is 26.2 Å². The van der Waals surface area contributed by atoms with Crippen molar-refractivity contribution in [1.82, 2.24) is 0 Å². The Kier molecular flexibility index (Phi) is 2.17. The molecule has 0 fully saturated rings. The van der Waals surface area contributed by atoms with Gasteiger partial charge in [0.25, 0.3) is 0 Å². The number of hydrogen-bond acceptors (Lipinski definition) is 3. The van der Waals surface area contributed by atoms with E-state index in [1.807, 2.05) is 24.3 Å². The van der Waals surface area contributed by atoms with E-state index in [1.54, 1.807) is 7.11 Å². The summed E-state index contributed by atoms with van der Waals surface area (Å²) in [5.74, 6) is 1.50. The van der Waals surface area contributed by atoms with E-state index in [1.165, 1.54) is 0 Å². The number of benzene rings is 1. The fraction of sp³-hybridized carbons (Fsp3) is 0.300. The summed E-state index contributed by atoms with van der Waals surface area (Å²) in [5, 5.41) is 0. The Morgan fingerprint density at radius 2 is 2.23 bits per heavy atom. The topological polar surface area (TPSA) is 30.8 Å². The molecule has 1 aliphatic rings. The molecule has 0 unspecified atom stereocenters. The van der Waals surface area contributed by atoms with E-state index >= 15 is 0 Å². The van der Waals surface area contributed by atoms with Gasteiger partial charge in [-0.15, -0.1) is 0 Å². The summed E-state index contributed by atoms with van der Waals surface area (Å²) in [5.41, 5.74) is 0.933. The van der Waals surface area contributed by atoms with Crippen LogP contribution in [0.5, 0.6) is 5.75 Å². The molecular weight excluding hydrogens is 166 g/mol. The van der Waals surface area contributed by atoms with Gasteiger partial charge in [-0.25, -0.2) is 4.99 Å². The number of methoxy groups -OCH3 is 1. The third-order valence-electron chi connectivity index (χ3n) is 1.92. The number of nitrogens with zero attached hydrogens (tertiary/aromatic N) is 1. The lowest BCUT2D eigenvalue weighted by atomic mass is 10.2. The lowest BCUT2D eigenvalue weighted by Gasteiger charge is -2.06. The molecule has 1 aromatic carbocycles. The first-order valence-electron chi connectivity index (χ1n) is 4.22. The van der Waals surface area contributed by atoms with Crippen molar-refractivity contribution in [2.24, 2.45) is 4.99 Å². The van der Waals surface area contributed by atoms with Gasteiger partial charge in [0.2, 0.25) is 5.90 Å². The summed E-state index contributed by atoms with van der Waals surface area (Å²) in [6.45, 7) is 1.42. The number of hydrogen-bond donors (Lipinski definition) is 0. The Morgan fingerprint density at radius 1 is 1.38 bits per heavy atom. The minimum Gasteiger partial charge on any atom is -0.496 e. The van der Waals surface area contributed by atoms with E-state index in [2.05, 4.69) is 4.99 Å². The Morgan fingerprint density at radius 3 is 2.92 bits per heavy atom. The van der Waals surface area contributed by atoms with Crippen molar-refractivity contribution in [2.75, 3.05) is 20.3 Å². The molecule has 0 saturated heterocycles. The van der Waals surface area contributed by atoms with Crippen molar-refractivity contribution in [3.8, 4) is 5.75 Å². The molecule has 0 N–H and O–H groups in total. The second-order valence-electron chi connectivity index (χ2n) is 2.74. The monoisotopic (exact) mass is 177 g/mol. The molecule has 0 atom stereocenters. The lowest BCUT2D eigenvalue weighted by Crippen LogP contribution is -2.03. The molecule has 0 amide bonds. The third-order valence-corrected chi connectivity index (χ3v) is 1.92. The maximum Gasteiger partial charge on any atom is 0.220 e.